The zero-order valence-corrected chi connectivity index (χ0v) is 11.2. The molecule has 0 saturated carbocycles. The number of benzene rings is 1. The Morgan fingerprint density at radius 1 is 1.15 bits per heavy atom. The molecule has 20 heavy (non-hydrogen) atoms. The van der Waals surface area contributed by atoms with Crippen LogP contribution in [0.15, 0.2) is 34.9 Å². The van der Waals surface area contributed by atoms with Crippen LogP contribution < -0.4 is 4.90 Å². The molecule has 1 fully saturated rings. The lowest BCUT2D eigenvalue weighted by molar-refractivity contribution is 0.285. The standard InChI is InChI=1S/C15H16N4O/c1-2-8-18-9-11-19(12-10-18)15-16-14(20-17-15)13-6-4-3-5-7-13/h1,3-7H,8-12H2. The highest BCUT2D eigenvalue weighted by Crippen LogP contribution is 2.20. The van der Waals surface area contributed by atoms with Gasteiger partial charge < -0.3 is 9.42 Å². The van der Waals surface area contributed by atoms with Gasteiger partial charge in [0.1, 0.15) is 0 Å². The van der Waals surface area contributed by atoms with Crippen LogP contribution in [0.25, 0.3) is 11.5 Å². The Kier molecular flexibility index (Phi) is 3.66. The van der Waals surface area contributed by atoms with Crippen LogP contribution in [-0.4, -0.2) is 47.8 Å². The van der Waals surface area contributed by atoms with Gasteiger partial charge in [-0.25, -0.2) is 0 Å². The maximum absolute atomic E-state index is 5.33. The summed E-state index contributed by atoms with van der Waals surface area (Å²) >= 11 is 0. The second-order valence-corrected chi connectivity index (χ2v) is 4.73. The summed E-state index contributed by atoms with van der Waals surface area (Å²) in [4.78, 5) is 8.84. The smallest absolute Gasteiger partial charge is 0.266 e. The molecule has 5 heteroatoms. The highest BCUT2D eigenvalue weighted by molar-refractivity contribution is 5.54. The van der Waals surface area contributed by atoms with E-state index in [4.69, 9.17) is 10.9 Å². The van der Waals surface area contributed by atoms with Gasteiger partial charge in [0.25, 0.3) is 11.8 Å². The minimum absolute atomic E-state index is 0.562. The van der Waals surface area contributed by atoms with Crippen LogP contribution in [0, 0.1) is 12.3 Å². The Morgan fingerprint density at radius 3 is 2.60 bits per heavy atom. The summed E-state index contributed by atoms with van der Waals surface area (Å²) in [5, 5.41) is 4.07. The molecule has 0 N–H and O–H groups in total. The SMILES string of the molecule is C#CCN1CCN(c2noc(-c3ccccc3)n2)CC1. The van der Waals surface area contributed by atoms with Gasteiger partial charge in [0.15, 0.2) is 0 Å². The number of hydrogen-bond acceptors (Lipinski definition) is 5. The first-order valence-electron chi connectivity index (χ1n) is 6.67. The van der Waals surface area contributed by atoms with Crippen LogP contribution in [-0.2, 0) is 0 Å². The first-order chi connectivity index (χ1) is 9.86. The monoisotopic (exact) mass is 268 g/mol. The van der Waals surface area contributed by atoms with Crippen LogP contribution in [0.3, 0.4) is 0 Å². The summed E-state index contributed by atoms with van der Waals surface area (Å²) in [5.74, 6) is 3.89. The fraction of sp³-hybridized carbons (Fsp3) is 0.333. The predicted octanol–water partition coefficient (Wildman–Crippen LogP) is 1.49. The summed E-state index contributed by atoms with van der Waals surface area (Å²) in [7, 11) is 0. The molecule has 0 bridgehead atoms. The Bertz CT molecular complexity index is 594. The maximum Gasteiger partial charge on any atom is 0.266 e. The average molecular weight is 268 g/mol. The molecule has 0 atom stereocenters. The van der Waals surface area contributed by atoms with E-state index in [-0.39, 0.29) is 0 Å². The number of piperazine rings is 1. The molecular formula is C15H16N4O. The number of hydrogen-bond donors (Lipinski definition) is 0. The summed E-state index contributed by atoms with van der Waals surface area (Å²) < 4.78 is 5.33. The zero-order valence-electron chi connectivity index (χ0n) is 11.2. The van der Waals surface area contributed by atoms with Crippen molar-refractivity contribution in [2.24, 2.45) is 0 Å². The minimum atomic E-state index is 0.562. The molecule has 1 aliphatic heterocycles. The quantitative estimate of drug-likeness (QED) is 0.789. The maximum atomic E-state index is 5.33. The molecule has 1 aromatic carbocycles. The van der Waals surface area contributed by atoms with Crippen molar-refractivity contribution in [1.29, 1.82) is 0 Å². The van der Waals surface area contributed by atoms with E-state index in [2.05, 4.69) is 25.9 Å². The molecule has 0 aliphatic carbocycles. The zero-order chi connectivity index (χ0) is 13.8. The molecule has 5 nitrogen and oxygen atoms in total. The molecule has 1 aromatic heterocycles. The molecule has 0 unspecified atom stereocenters. The van der Waals surface area contributed by atoms with E-state index < -0.39 is 0 Å². The lowest BCUT2D eigenvalue weighted by atomic mass is 10.2. The number of nitrogens with zero attached hydrogens (tertiary/aromatic N) is 4. The minimum Gasteiger partial charge on any atom is -0.336 e. The van der Waals surface area contributed by atoms with Gasteiger partial charge >= 0.3 is 0 Å². The molecule has 0 amide bonds. The van der Waals surface area contributed by atoms with Crippen molar-refractivity contribution in [3.63, 3.8) is 0 Å². The van der Waals surface area contributed by atoms with Crippen LogP contribution >= 0.6 is 0 Å². The summed E-state index contributed by atoms with van der Waals surface area (Å²) in [6, 6.07) is 9.80. The Balaban J connectivity index is 1.68. The highest BCUT2D eigenvalue weighted by atomic mass is 16.5. The van der Waals surface area contributed by atoms with Crippen molar-refractivity contribution in [3.8, 4) is 23.8 Å². The molecule has 102 valence electrons. The molecule has 2 aromatic rings. The molecular weight excluding hydrogens is 252 g/mol. The largest absolute Gasteiger partial charge is 0.336 e. The van der Waals surface area contributed by atoms with Gasteiger partial charge in [0.2, 0.25) is 0 Å². The third-order valence-corrected chi connectivity index (χ3v) is 3.41. The molecule has 1 aliphatic rings. The fourth-order valence-electron chi connectivity index (χ4n) is 2.28. The van der Waals surface area contributed by atoms with E-state index in [1.807, 2.05) is 30.3 Å². The van der Waals surface area contributed by atoms with Crippen molar-refractivity contribution in [3.05, 3.63) is 30.3 Å². The molecule has 0 spiro atoms. The predicted molar refractivity (Wildman–Crippen MR) is 77.2 cm³/mol. The van der Waals surface area contributed by atoms with E-state index in [1.54, 1.807) is 0 Å². The topological polar surface area (TPSA) is 45.4 Å². The first kappa shape index (κ1) is 12.7. The van der Waals surface area contributed by atoms with Crippen LogP contribution in [0.5, 0.6) is 0 Å². The first-order valence-corrected chi connectivity index (χ1v) is 6.67. The van der Waals surface area contributed by atoms with Gasteiger partial charge in [-0.3, -0.25) is 4.90 Å². The Morgan fingerprint density at radius 2 is 1.90 bits per heavy atom. The van der Waals surface area contributed by atoms with Gasteiger partial charge in [-0.05, 0) is 17.3 Å². The third-order valence-electron chi connectivity index (χ3n) is 3.41. The van der Waals surface area contributed by atoms with E-state index >= 15 is 0 Å². The number of terminal acetylenes is 1. The van der Waals surface area contributed by atoms with E-state index in [0.717, 1.165) is 31.7 Å². The van der Waals surface area contributed by atoms with E-state index in [1.165, 1.54) is 0 Å². The lowest BCUT2D eigenvalue weighted by Crippen LogP contribution is -2.46. The van der Waals surface area contributed by atoms with Crippen molar-refractivity contribution < 1.29 is 4.52 Å². The van der Waals surface area contributed by atoms with Gasteiger partial charge in [-0.2, -0.15) is 4.98 Å². The summed E-state index contributed by atoms with van der Waals surface area (Å²) in [5.41, 5.74) is 0.942. The number of anilines is 1. The van der Waals surface area contributed by atoms with Crippen molar-refractivity contribution in [2.45, 2.75) is 0 Å². The third kappa shape index (κ3) is 2.65. The average Bonchev–Trinajstić information content (AvgIpc) is 2.99. The van der Waals surface area contributed by atoms with Crippen LogP contribution in [0.4, 0.5) is 5.95 Å². The second kappa shape index (κ2) is 5.76. The van der Waals surface area contributed by atoms with E-state index in [0.29, 0.717) is 18.4 Å². The van der Waals surface area contributed by atoms with Gasteiger partial charge in [-0.15, -0.1) is 6.42 Å². The van der Waals surface area contributed by atoms with Crippen molar-refractivity contribution in [1.82, 2.24) is 15.0 Å². The van der Waals surface area contributed by atoms with E-state index in [9.17, 15) is 0 Å². The normalized spacial score (nSPS) is 16.1. The van der Waals surface area contributed by atoms with Gasteiger partial charge in [0, 0.05) is 31.7 Å². The molecule has 3 rings (SSSR count). The van der Waals surface area contributed by atoms with Crippen LogP contribution in [0.2, 0.25) is 0 Å². The van der Waals surface area contributed by atoms with Crippen molar-refractivity contribution in [2.75, 3.05) is 37.6 Å². The van der Waals surface area contributed by atoms with Crippen LogP contribution in [0.1, 0.15) is 0 Å². The number of aromatic nitrogens is 2. The van der Waals surface area contributed by atoms with Crippen molar-refractivity contribution >= 4 is 5.95 Å². The summed E-state index contributed by atoms with van der Waals surface area (Å²) in [6.45, 7) is 4.30. The Hall–Kier alpha value is -2.32. The molecule has 0 radical (unpaired) electrons. The lowest BCUT2D eigenvalue weighted by Gasteiger charge is -2.32. The molecule has 2 heterocycles. The number of rotatable bonds is 3. The molecule has 1 saturated heterocycles. The van der Waals surface area contributed by atoms with Gasteiger partial charge in [-0.1, -0.05) is 24.1 Å². The summed E-state index contributed by atoms with van der Waals surface area (Å²) in [6.07, 6.45) is 5.33. The fourth-order valence-corrected chi connectivity index (χ4v) is 2.28. The Labute approximate surface area is 118 Å². The van der Waals surface area contributed by atoms with Gasteiger partial charge in [0.05, 0.1) is 6.54 Å². The second-order valence-electron chi connectivity index (χ2n) is 4.73. The highest BCUT2D eigenvalue weighted by Gasteiger charge is 2.20.